The second-order valence-electron chi connectivity index (χ2n) is 3.26. The van der Waals surface area contributed by atoms with Crippen LogP contribution in [-0.2, 0) is 4.79 Å². The zero-order chi connectivity index (χ0) is 11.4. The SMILES string of the molecule is N[C@@H](C[C@@H](O)c1ccccc1O)C(=O)O. The number of hydrogen-bond donors (Lipinski definition) is 4. The molecular weight excluding hydrogens is 198 g/mol. The maximum absolute atomic E-state index is 10.5. The summed E-state index contributed by atoms with van der Waals surface area (Å²) in [5.41, 5.74) is 5.55. The van der Waals surface area contributed by atoms with Crippen molar-refractivity contribution in [3.8, 4) is 5.75 Å². The van der Waals surface area contributed by atoms with E-state index in [2.05, 4.69) is 0 Å². The number of aliphatic carboxylic acids is 1. The second-order valence-corrected chi connectivity index (χ2v) is 3.26. The minimum Gasteiger partial charge on any atom is -0.508 e. The number of hydrogen-bond acceptors (Lipinski definition) is 4. The van der Waals surface area contributed by atoms with E-state index < -0.39 is 18.1 Å². The van der Waals surface area contributed by atoms with Crippen molar-refractivity contribution in [1.82, 2.24) is 0 Å². The number of nitrogens with two attached hydrogens (primary N) is 1. The predicted molar refractivity (Wildman–Crippen MR) is 53.3 cm³/mol. The van der Waals surface area contributed by atoms with Crippen LogP contribution in [0.5, 0.6) is 5.75 Å². The van der Waals surface area contributed by atoms with Crippen LogP contribution < -0.4 is 5.73 Å². The average molecular weight is 211 g/mol. The molecule has 0 spiro atoms. The number of carbonyl (C=O) groups is 1. The number of carboxylic acids is 1. The van der Waals surface area contributed by atoms with Crippen LogP contribution in [0.15, 0.2) is 24.3 Å². The van der Waals surface area contributed by atoms with E-state index in [9.17, 15) is 15.0 Å². The Kier molecular flexibility index (Phi) is 3.65. The van der Waals surface area contributed by atoms with Crippen molar-refractivity contribution in [2.75, 3.05) is 0 Å². The number of carboxylic acid groups (broad SMARTS) is 1. The molecule has 0 saturated carbocycles. The second kappa shape index (κ2) is 4.77. The first kappa shape index (κ1) is 11.5. The number of benzene rings is 1. The van der Waals surface area contributed by atoms with Gasteiger partial charge >= 0.3 is 5.97 Å². The van der Waals surface area contributed by atoms with Gasteiger partial charge in [-0.1, -0.05) is 18.2 Å². The van der Waals surface area contributed by atoms with E-state index in [-0.39, 0.29) is 17.7 Å². The van der Waals surface area contributed by atoms with Gasteiger partial charge in [-0.3, -0.25) is 4.79 Å². The minimum atomic E-state index is -1.18. The fourth-order valence-electron chi connectivity index (χ4n) is 1.24. The number of rotatable bonds is 4. The van der Waals surface area contributed by atoms with Gasteiger partial charge in [0.25, 0.3) is 0 Å². The summed E-state index contributed by atoms with van der Waals surface area (Å²) in [6.07, 6.45) is -1.20. The fourth-order valence-corrected chi connectivity index (χ4v) is 1.24. The van der Waals surface area contributed by atoms with Crippen LogP contribution in [0.1, 0.15) is 18.1 Å². The van der Waals surface area contributed by atoms with E-state index in [1.807, 2.05) is 0 Å². The van der Waals surface area contributed by atoms with Crippen LogP contribution >= 0.6 is 0 Å². The van der Waals surface area contributed by atoms with E-state index in [0.717, 1.165) is 0 Å². The molecule has 2 atom stereocenters. The Morgan fingerprint density at radius 2 is 2.00 bits per heavy atom. The normalized spacial score (nSPS) is 14.5. The molecule has 1 aromatic carbocycles. The van der Waals surface area contributed by atoms with Gasteiger partial charge in [-0.15, -0.1) is 0 Å². The van der Waals surface area contributed by atoms with Crippen LogP contribution in [0.25, 0.3) is 0 Å². The van der Waals surface area contributed by atoms with E-state index in [0.29, 0.717) is 0 Å². The van der Waals surface area contributed by atoms with Crippen LogP contribution in [0.4, 0.5) is 0 Å². The van der Waals surface area contributed by atoms with Crippen molar-refractivity contribution in [3.05, 3.63) is 29.8 Å². The summed E-state index contributed by atoms with van der Waals surface area (Å²) in [5.74, 6) is -1.24. The summed E-state index contributed by atoms with van der Waals surface area (Å²) in [6, 6.07) is 5.06. The molecule has 5 nitrogen and oxygen atoms in total. The van der Waals surface area contributed by atoms with Crippen molar-refractivity contribution < 1.29 is 20.1 Å². The Morgan fingerprint density at radius 1 is 1.40 bits per heavy atom. The Labute approximate surface area is 86.8 Å². The zero-order valence-corrected chi connectivity index (χ0v) is 8.00. The number of aliphatic hydroxyl groups is 1. The van der Waals surface area contributed by atoms with E-state index >= 15 is 0 Å². The maximum atomic E-state index is 10.5. The Bertz CT molecular complexity index is 353. The van der Waals surface area contributed by atoms with Gasteiger partial charge in [0.1, 0.15) is 11.8 Å². The summed E-state index contributed by atoms with van der Waals surface area (Å²) < 4.78 is 0. The third-order valence-electron chi connectivity index (χ3n) is 2.09. The van der Waals surface area contributed by atoms with Gasteiger partial charge in [0, 0.05) is 12.0 Å². The van der Waals surface area contributed by atoms with Crippen molar-refractivity contribution in [3.63, 3.8) is 0 Å². The molecule has 0 unspecified atom stereocenters. The third kappa shape index (κ3) is 2.93. The minimum absolute atomic E-state index is 0.0670. The van der Waals surface area contributed by atoms with Gasteiger partial charge < -0.3 is 21.1 Å². The monoisotopic (exact) mass is 211 g/mol. The lowest BCUT2D eigenvalue weighted by molar-refractivity contribution is -0.139. The van der Waals surface area contributed by atoms with Crippen molar-refractivity contribution in [2.24, 2.45) is 5.73 Å². The van der Waals surface area contributed by atoms with Gasteiger partial charge in [0.05, 0.1) is 6.10 Å². The molecule has 0 saturated heterocycles. The highest BCUT2D eigenvalue weighted by Crippen LogP contribution is 2.26. The third-order valence-corrected chi connectivity index (χ3v) is 2.09. The predicted octanol–water partition coefficient (Wildman–Crippen LogP) is 0.228. The molecule has 0 aliphatic rings. The van der Waals surface area contributed by atoms with E-state index in [1.54, 1.807) is 12.1 Å². The van der Waals surface area contributed by atoms with Gasteiger partial charge in [-0.05, 0) is 6.07 Å². The average Bonchev–Trinajstić information content (AvgIpc) is 2.18. The molecule has 1 rings (SSSR count). The molecule has 0 bridgehead atoms. The summed E-state index contributed by atoms with van der Waals surface area (Å²) in [4.78, 5) is 10.5. The molecule has 0 fully saturated rings. The molecule has 0 aliphatic carbocycles. The van der Waals surface area contributed by atoms with Crippen molar-refractivity contribution in [2.45, 2.75) is 18.6 Å². The highest BCUT2D eigenvalue weighted by atomic mass is 16.4. The van der Waals surface area contributed by atoms with Gasteiger partial charge in [-0.25, -0.2) is 0 Å². The van der Waals surface area contributed by atoms with Crippen LogP contribution in [0, 0.1) is 0 Å². The Hall–Kier alpha value is -1.59. The van der Waals surface area contributed by atoms with Gasteiger partial charge in [-0.2, -0.15) is 0 Å². The smallest absolute Gasteiger partial charge is 0.320 e. The fraction of sp³-hybridized carbons (Fsp3) is 0.300. The summed E-state index contributed by atoms with van der Waals surface area (Å²) in [7, 11) is 0. The lowest BCUT2D eigenvalue weighted by Crippen LogP contribution is -2.31. The van der Waals surface area contributed by atoms with Crippen LogP contribution in [-0.4, -0.2) is 27.3 Å². The molecule has 15 heavy (non-hydrogen) atoms. The molecule has 82 valence electrons. The number of phenolic OH excluding ortho intramolecular Hbond substituents is 1. The first-order chi connectivity index (χ1) is 7.02. The number of aromatic hydroxyl groups is 1. The summed E-state index contributed by atoms with van der Waals surface area (Å²) in [6.45, 7) is 0. The van der Waals surface area contributed by atoms with Crippen molar-refractivity contribution in [1.29, 1.82) is 0 Å². The topological polar surface area (TPSA) is 104 Å². The van der Waals surface area contributed by atoms with Crippen LogP contribution in [0.3, 0.4) is 0 Å². The molecule has 5 heteroatoms. The Balaban J connectivity index is 2.73. The van der Waals surface area contributed by atoms with Gasteiger partial charge in [0.2, 0.25) is 0 Å². The first-order valence-electron chi connectivity index (χ1n) is 4.46. The molecule has 0 radical (unpaired) electrons. The van der Waals surface area contributed by atoms with E-state index in [4.69, 9.17) is 10.8 Å². The summed E-state index contributed by atoms with van der Waals surface area (Å²) in [5, 5.41) is 27.5. The molecule has 0 aliphatic heterocycles. The Morgan fingerprint density at radius 3 is 2.53 bits per heavy atom. The molecule has 0 heterocycles. The molecule has 5 N–H and O–H groups in total. The maximum Gasteiger partial charge on any atom is 0.320 e. The first-order valence-corrected chi connectivity index (χ1v) is 4.46. The lowest BCUT2D eigenvalue weighted by atomic mass is 10.0. The van der Waals surface area contributed by atoms with Crippen molar-refractivity contribution >= 4 is 5.97 Å². The number of para-hydroxylation sites is 1. The van der Waals surface area contributed by atoms with E-state index in [1.165, 1.54) is 12.1 Å². The quantitative estimate of drug-likeness (QED) is 0.570. The van der Waals surface area contributed by atoms with Crippen LogP contribution in [0.2, 0.25) is 0 Å². The lowest BCUT2D eigenvalue weighted by Gasteiger charge is -2.14. The van der Waals surface area contributed by atoms with Gasteiger partial charge in [0.15, 0.2) is 0 Å². The highest BCUT2D eigenvalue weighted by molar-refractivity contribution is 5.73. The highest BCUT2D eigenvalue weighted by Gasteiger charge is 2.19. The largest absolute Gasteiger partial charge is 0.508 e. The number of aliphatic hydroxyl groups excluding tert-OH is 1. The molecular formula is C10H13NO4. The molecule has 0 amide bonds. The standard InChI is InChI=1S/C10H13NO4/c11-7(10(14)15)5-9(13)6-3-1-2-4-8(6)12/h1-4,7,9,12-13H,5,11H2,(H,14,15)/t7-,9+/m0/s1. The summed E-state index contributed by atoms with van der Waals surface area (Å²) >= 11 is 0. The number of phenols is 1. The zero-order valence-electron chi connectivity index (χ0n) is 8.00. The molecule has 1 aromatic rings. The molecule has 0 aromatic heterocycles.